The summed E-state index contributed by atoms with van der Waals surface area (Å²) in [7, 11) is 3.30. The van der Waals surface area contributed by atoms with Gasteiger partial charge in [0, 0.05) is 25.2 Å². The Morgan fingerprint density at radius 1 is 1.42 bits per heavy atom. The van der Waals surface area contributed by atoms with E-state index < -0.39 is 6.04 Å². The molecule has 1 aromatic rings. The number of urea groups is 1. The molecule has 0 aromatic heterocycles. The van der Waals surface area contributed by atoms with Crippen LogP contribution in [-0.2, 0) is 4.79 Å². The van der Waals surface area contributed by atoms with Crippen LogP contribution < -0.4 is 10.1 Å². The number of hydrogen-bond acceptors (Lipinski definition) is 3. The van der Waals surface area contributed by atoms with Gasteiger partial charge in [0.15, 0.2) is 0 Å². The van der Waals surface area contributed by atoms with Crippen LogP contribution in [0.2, 0.25) is 5.02 Å². The van der Waals surface area contributed by atoms with Crippen molar-refractivity contribution in [3.8, 4) is 5.75 Å². The number of benzene rings is 1. The highest BCUT2D eigenvalue weighted by Gasteiger charge is 2.35. The molecule has 0 radical (unpaired) electrons. The molecular formula is C17H24ClN3O3. The fourth-order valence-corrected chi connectivity index (χ4v) is 2.97. The number of rotatable bonds is 5. The van der Waals surface area contributed by atoms with Gasteiger partial charge >= 0.3 is 6.03 Å². The normalized spacial score (nSPS) is 17.8. The molecule has 0 spiro atoms. The van der Waals surface area contributed by atoms with Crippen LogP contribution >= 0.6 is 11.6 Å². The van der Waals surface area contributed by atoms with E-state index in [1.807, 2.05) is 0 Å². The highest BCUT2D eigenvalue weighted by molar-refractivity contribution is 6.31. The Hall–Kier alpha value is -1.95. The maximum atomic E-state index is 12.7. The number of anilines is 1. The molecule has 3 amide bonds. The van der Waals surface area contributed by atoms with Gasteiger partial charge in [-0.3, -0.25) is 4.79 Å². The molecule has 24 heavy (non-hydrogen) atoms. The molecular weight excluding hydrogens is 330 g/mol. The lowest BCUT2D eigenvalue weighted by Gasteiger charge is -2.39. The van der Waals surface area contributed by atoms with Crippen molar-refractivity contribution in [2.75, 3.05) is 32.6 Å². The second-order valence-electron chi connectivity index (χ2n) is 5.89. The summed E-state index contributed by atoms with van der Waals surface area (Å²) in [6.45, 7) is 3.10. The summed E-state index contributed by atoms with van der Waals surface area (Å²) in [6.07, 6.45) is 2.54. The number of likely N-dealkylation sites (N-methyl/N-ethyl adjacent to an activating group) is 1. The molecule has 1 heterocycles. The first kappa shape index (κ1) is 18.4. The van der Waals surface area contributed by atoms with Crippen molar-refractivity contribution in [3.05, 3.63) is 23.2 Å². The lowest BCUT2D eigenvalue weighted by molar-refractivity contribution is -0.138. The minimum atomic E-state index is -0.422. The number of piperazine rings is 1. The zero-order valence-electron chi connectivity index (χ0n) is 14.3. The van der Waals surface area contributed by atoms with Crippen molar-refractivity contribution in [1.29, 1.82) is 0 Å². The van der Waals surface area contributed by atoms with E-state index in [2.05, 4.69) is 12.2 Å². The van der Waals surface area contributed by atoms with E-state index in [-0.39, 0.29) is 11.9 Å². The summed E-state index contributed by atoms with van der Waals surface area (Å²) in [5, 5.41) is 3.32. The van der Waals surface area contributed by atoms with Gasteiger partial charge in [0.2, 0.25) is 5.91 Å². The third-order valence-electron chi connectivity index (χ3n) is 4.21. The number of amides is 3. The molecule has 7 heteroatoms. The van der Waals surface area contributed by atoms with Crippen LogP contribution in [0.3, 0.4) is 0 Å². The van der Waals surface area contributed by atoms with Crippen molar-refractivity contribution in [2.24, 2.45) is 0 Å². The van der Waals surface area contributed by atoms with E-state index in [1.165, 1.54) is 7.11 Å². The number of unbranched alkanes of at least 4 members (excludes halogenated alkanes) is 1. The van der Waals surface area contributed by atoms with Gasteiger partial charge < -0.3 is 19.9 Å². The maximum absolute atomic E-state index is 12.7. The predicted octanol–water partition coefficient (Wildman–Crippen LogP) is 3.21. The number of ether oxygens (including phenoxy) is 1. The molecule has 132 valence electrons. The minimum absolute atomic E-state index is 0.0112. The smallest absolute Gasteiger partial charge is 0.322 e. The fourth-order valence-electron chi connectivity index (χ4n) is 2.80. The first-order valence-corrected chi connectivity index (χ1v) is 8.51. The van der Waals surface area contributed by atoms with Crippen LogP contribution in [0, 0.1) is 0 Å². The summed E-state index contributed by atoms with van der Waals surface area (Å²) in [4.78, 5) is 28.4. The van der Waals surface area contributed by atoms with Crippen molar-refractivity contribution in [2.45, 2.75) is 32.2 Å². The summed E-state index contributed by atoms with van der Waals surface area (Å²) in [5.41, 5.74) is 0.496. The van der Waals surface area contributed by atoms with E-state index in [4.69, 9.17) is 16.3 Å². The first-order valence-electron chi connectivity index (χ1n) is 8.14. The third-order valence-corrected chi connectivity index (χ3v) is 4.44. The zero-order valence-corrected chi connectivity index (χ0v) is 15.1. The molecule has 6 nitrogen and oxygen atoms in total. The van der Waals surface area contributed by atoms with E-state index in [0.717, 1.165) is 12.8 Å². The number of carbonyl (C=O) groups is 2. The highest BCUT2D eigenvalue weighted by atomic mass is 35.5. The fraction of sp³-hybridized carbons (Fsp3) is 0.529. The second-order valence-corrected chi connectivity index (χ2v) is 6.32. The summed E-state index contributed by atoms with van der Waals surface area (Å²) < 4.78 is 5.25. The van der Waals surface area contributed by atoms with Gasteiger partial charge in [0.1, 0.15) is 11.8 Å². The topological polar surface area (TPSA) is 61.9 Å². The number of hydrogen-bond donors (Lipinski definition) is 1. The number of nitrogens with zero attached hydrogens (tertiary/aromatic N) is 2. The number of nitrogens with one attached hydrogen (secondary N) is 1. The SMILES string of the molecule is CCCCC1C(=O)N(C)CCN1C(=O)Nc1cc(Cl)ccc1OC. The van der Waals surface area contributed by atoms with Crippen molar-refractivity contribution >= 4 is 29.2 Å². The summed E-state index contributed by atoms with van der Waals surface area (Å²) in [5.74, 6) is 0.515. The van der Waals surface area contributed by atoms with Gasteiger partial charge in [-0.05, 0) is 24.6 Å². The standard InChI is InChI=1S/C17H24ClN3O3/c1-4-5-6-14-16(22)20(2)9-10-21(14)17(23)19-13-11-12(18)7-8-15(13)24-3/h7-8,11,14H,4-6,9-10H2,1-3H3,(H,19,23). The Bertz CT molecular complexity index is 609. The molecule has 0 bridgehead atoms. The second kappa shape index (κ2) is 8.24. The van der Waals surface area contributed by atoms with Gasteiger partial charge in [-0.2, -0.15) is 0 Å². The van der Waals surface area contributed by atoms with Crippen LogP contribution in [0.4, 0.5) is 10.5 Å². The van der Waals surface area contributed by atoms with Crippen molar-refractivity contribution < 1.29 is 14.3 Å². The van der Waals surface area contributed by atoms with Gasteiger partial charge in [-0.1, -0.05) is 31.4 Å². The van der Waals surface area contributed by atoms with Gasteiger partial charge in [-0.15, -0.1) is 0 Å². The largest absolute Gasteiger partial charge is 0.495 e. The molecule has 2 rings (SSSR count). The lowest BCUT2D eigenvalue weighted by atomic mass is 10.0. The quantitative estimate of drug-likeness (QED) is 0.884. The van der Waals surface area contributed by atoms with Crippen LogP contribution in [-0.4, -0.2) is 55.0 Å². The highest BCUT2D eigenvalue weighted by Crippen LogP contribution is 2.28. The lowest BCUT2D eigenvalue weighted by Crippen LogP contribution is -2.58. The molecule has 1 aromatic carbocycles. The van der Waals surface area contributed by atoms with Gasteiger partial charge in [-0.25, -0.2) is 4.79 Å². The predicted molar refractivity (Wildman–Crippen MR) is 94.7 cm³/mol. The van der Waals surface area contributed by atoms with E-state index in [9.17, 15) is 9.59 Å². The number of halogens is 1. The molecule has 1 atom stereocenters. The molecule has 1 aliphatic heterocycles. The van der Waals surface area contributed by atoms with Crippen LogP contribution in [0.1, 0.15) is 26.2 Å². The molecule has 1 fully saturated rings. The molecule has 0 aliphatic carbocycles. The van der Waals surface area contributed by atoms with E-state index in [1.54, 1.807) is 35.0 Å². The molecule has 1 saturated heterocycles. The van der Waals surface area contributed by atoms with Gasteiger partial charge in [0.05, 0.1) is 12.8 Å². The molecule has 1 unspecified atom stereocenters. The van der Waals surface area contributed by atoms with Crippen molar-refractivity contribution in [3.63, 3.8) is 0 Å². The Kier molecular flexibility index (Phi) is 6.31. The molecule has 1 aliphatic rings. The van der Waals surface area contributed by atoms with E-state index in [0.29, 0.717) is 36.0 Å². The van der Waals surface area contributed by atoms with Crippen LogP contribution in [0.25, 0.3) is 0 Å². The van der Waals surface area contributed by atoms with Gasteiger partial charge in [0.25, 0.3) is 0 Å². The number of carbonyl (C=O) groups excluding carboxylic acids is 2. The summed E-state index contributed by atoms with van der Waals surface area (Å²) in [6, 6.07) is 4.30. The maximum Gasteiger partial charge on any atom is 0.322 e. The Balaban J connectivity index is 2.17. The minimum Gasteiger partial charge on any atom is -0.495 e. The average Bonchev–Trinajstić information content (AvgIpc) is 2.56. The van der Waals surface area contributed by atoms with Crippen LogP contribution in [0.5, 0.6) is 5.75 Å². The number of methoxy groups -OCH3 is 1. The summed E-state index contributed by atoms with van der Waals surface area (Å²) >= 11 is 6.00. The average molecular weight is 354 g/mol. The monoisotopic (exact) mass is 353 g/mol. The third kappa shape index (κ3) is 4.12. The van der Waals surface area contributed by atoms with Crippen molar-refractivity contribution in [1.82, 2.24) is 9.80 Å². The Morgan fingerprint density at radius 3 is 2.83 bits per heavy atom. The molecule has 1 N–H and O–H groups in total. The Morgan fingerprint density at radius 2 is 2.17 bits per heavy atom. The Labute approximate surface area is 147 Å². The van der Waals surface area contributed by atoms with Crippen LogP contribution in [0.15, 0.2) is 18.2 Å². The zero-order chi connectivity index (χ0) is 17.7. The molecule has 0 saturated carbocycles. The first-order chi connectivity index (χ1) is 11.5. The van der Waals surface area contributed by atoms with E-state index >= 15 is 0 Å².